The van der Waals surface area contributed by atoms with Crippen molar-refractivity contribution in [2.75, 3.05) is 0 Å². The minimum absolute atomic E-state index is 0.00552. The molecule has 1 rings (SSSR count). The Morgan fingerprint density at radius 3 is 2.56 bits per heavy atom. The molecule has 0 bridgehead atoms. The van der Waals surface area contributed by atoms with Crippen LogP contribution in [0.3, 0.4) is 0 Å². The molecule has 0 aliphatic rings. The van der Waals surface area contributed by atoms with Crippen LogP contribution >= 0.6 is 39.1 Å². The van der Waals surface area contributed by atoms with E-state index in [0.717, 1.165) is 12.0 Å². The van der Waals surface area contributed by atoms with Crippen LogP contribution in [-0.2, 0) is 11.2 Å². The van der Waals surface area contributed by atoms with Gasteiger partial charge in [0.2, 0.25) is 5.91 Å². The molecule has 0 heterocycles. The molecule has 0 aromatic heterocycles. The van der Waals surface area contributed by atoms with E-state index >= 15 is 0 Å². The smallest absolute Gasteiger partial charge is 0.224 e. The Balaban J connectivity index is 2.51. The average molecular weight is 353 g/mol. The van der Waals surface area contributed by atoms with Gasteiger partial charge < -0.3 is 5.32 Å². The summed E-state index contributed by atoms with van der Waals surface area (Å²) in [5.41, 5.74) is 0.862. The molecule has 18 heavy (non-hydrogen) atoms. The summed E-state index contributed by atoms with van der Waals surface area (Å²) >= 11 is 15.2. The summed E-state index contributed by atoms with van der Waals surface area (Å²) in [6.45, 7) is 4.05. The predicted molar refractivity (Wildman–Crippen MR) is 80.8 cm³/mol. The van der Waals surface area contributed by atoms with Crippen LogP contribution in [0.5, 0.6) is 0 Å². The van der Waals surface area contributed by atoms with Crippen LogP contribution in [-0.4, -0.2) is 16.8 Å². The van der Waals surface area contributed by atoms with Crippen LogP contribution in [0.25, 0.3) is 0 Å². The Hall–Kier alpha value is -0.250. The van der Waals surface area contributed by atoms with Gasteiger partial charge in [0, 0.05) is 10.9 Å². The molecule has 1 amide bonds. The highest BCUT2D eigenvalue weighted by molar-refractivity contribution is 9.09. The molecular formula is C13H16BrCl2NO. The Morgan fingerprint density at radius 2 is 2.00 bits per heavy atom. The molecule has 2 atom stereocenters. The van der Waals surface area contributed by atoms with Crippen LogP contribution in [0.4, 0.5) is 0 Å². The summed E-state index contributed by atoms with van der Waals surface area (Å²) in [7, 11) is 0. The topological polar surface area (TPSA) is 29.1 Å². The van der Waals surface area contributed by atoms with Crippen LogP contribution < -0.4 is 5.32 Å². The van der Waals surface area contributed by atoms with Gasteiger partial charge in [0.1, 0.15) is 0 Å². The maximum Gasteiger partial charge on any atom is 0.224 e. The Kier molecular flexibility index (Phi) is 6.47. The number of hydrogen-bond donors (Lipinski definition) is 1. The fourth-order valence-corrected chi connectivity index (χ4v) is 2.59. The standard InChI is InChI=1S/C13H16BrCl2NO/c1-8(14)5-9(2)17-13(18)7-10-3-4-11(15)12(16)6-10/h3-4,6,8-9H,5,7H2,1-2H3,(H,17,18). The highest BCUT2D eigenvalue weighted by Crippen LogP contribution is 2.22. The second-order valence-corrected chi connectivity index (χ2v) is 6.79. The van der Waals surface area contributed by atoms with Gasteiger partial charge in [-0.1, -0.05) is 52.1 Å². The van der Waals surface area contributed by atoms with Gasteiger partial charge in [-0.05, 0) is 31.0 Å². The fourth-order valence-electron chi connectivity index (χ4n) is 1.71. The van der Waals surface area contributed by atoms with Crippen molar-refractivity contribution < 1.29 is 4.79 Å². The van der Waals surface area contributed by atoms with Crippen LogP contribution in [0.1, 0.15) is 25.8 Å². The Labute approximate surface area is 126 Å². The molecule has 2 unspecified atom stereocenters. The van der Waals surface area contributed by atoms with Crippen molar-refractivity contribution in [2.45, 2.75) is 37.6 Å². The highest BCUT2D eigenvalue weighted by Gasteiger charge is 2.11. The molecular weight excluding hydrogens is 337 g/mol. The molecule has 0 aliphatic carbocycles. The van der Waals surface area contributed by atoms with E-state index in [4.69, 9.17) is 23.2 Å². The van der Waals surface area contributed by atoms with E-state index in [1.807, 2.05) is 13.0 Å². The number of hydrogen-bond acceptors (Lipinski definition) is 1. The van der Waals surface area contributed by atoms with E-state index in [-0.39, 0.29) is 11.9 Å². The largest absolute Gasteiger partial charge is 0.353 e. The fraction of sp³-hybridized carbons (Fsp3) is 0.462. The molecule has 0 aliphatic heterocycles. The molecule has 0 fully saturated rings. The number of halogens is 3. The van der Waals surface area contributed by atoms with Crippen molar-refractivity contribution >= 4 is 45.0 Å². The monoisotopic (exact) mass is 351 g/mol. The first-order chi connectivity index (χ1) is 8.38. The Morgan fingerprint density at radius 1 is 1.33 bits per heavy atom. The summed E-state index contributed by atoms with van der Waals surface area (Å²) < 4.78 is 0. The van der Waals surface area contributed by atoms with Gasteiger partial charge in [-0.25, -0.2) is 0 Å². The lowest BCUT2D eigenvalue weighted by atomic mass is 10.1. The van der Waals surface area contributed by atoms with E-state index < -0.39 is 0 Å². The zero-order chi connectivity index (χ0) is 13.7. The molecule has 0 saturated heterocycles. The summed E-state index contributed by atoms with van der Waals surface area (Å²) in [5, 5.41) is 3.93. The summed E-state index contributed by atoms with van der Waals surface area (Å²) in [6, 6.07) is 5.39. The van der Waals surface area contributed by atoms with Crippen molar-refractivity contribution in [2.24, 2.45) is 0 Å². The number of alkyl halides is 1. The molecule has 1 aromatic carbocycles. The first kappa shape index (κ1) is 15.8. The van der Waals surface area contributed by atoms with Gasteiger partial charge in [-0.3, -0.25) is 4.79 Å². The SMILES string of the molecule is CC(Br)CC(C)NC(=O)Cc1ccc(Cl)c(Cl)c1. The molecule has 0 spiro atoms. The van der Waals surface area contributed by atoms with Crippen molar-refractivity contribution in [1.82, 2.24) is 5.32 Å². The summed E-state index contributed by atoms with van der Waals surface area (Å²) in [4.78, 5) is 12.2. The maximum absolute atomic E-state index is 11.8. The van der Waals surface area contributed by atoms with E-state index in [9.17, 15) is 4.79 Å². The number of amides is 1. The van der Waals surface area contributed by atoms with E-state index in [2.05, 4.69) is 28.2 Å². The van der Waals surface area contributed by atoms with Crippen molar-refractivity contribution in [3.05, 3.63) is 33.8 Å². The first-order valence-corrected chi connectivity index (χ1v) is 7.43. The van der Waals surface area contributed by atoms with Gasteiger partial charge in [0.15, 0.2) is 0 Å². The van der Waals surface area contributed by atoms with Gasteiger partial charge in [0.05, 0.1) is 16.5 Å². The quantitative estimate of drug-likeness (QED) is 0.790. The number of nitrogens with one attached hydrogen (secondary N) is 1. The number of carbonyl (C=O) groups is 1. The number of benzene rings is 1. The minimum Gasteiger partial charge on any atom is -0.353 e. The average Bonchev–Trinajstić information content (AvgIpc) is 2.21. The molecule has 0 radical (unpaired) electrons. The van der Waals surface area contributed by atoms with Crippen molar-refractivity contribution in [3.8, 4) is 0 Å². The molecule has 5 heteroatoms. The predicted octanol–water partition coefficient (Wildman–Crippen LogP) is 4.21. The van der Waals surface area contributed by atoms with Crippen LogP contribution in [0, 0.1) is 0 Å². The minimum atomic E-state index is -0.00552. The zero-order valence-corrected chi connectivity index (χ0v) is 13.4. The second kappa shape index (κ2) is 7.37. The Bertz CT molecular complexity index is 423. The molecule has 1 aromatic rings. The van der Waals surface area contributed by atoms with Gasteiger partial charge in [0.25, 0.3) is 0 Å². The first-order valence-electron chi connectivity index (χ1n) is 5.76. The summed E-state index contributed by atoms with van der Waals surface area (Å²) in [5.74, 6) is -0.00552. The lowest BCUT2D eigenvalue weighted by Gasteiger charge is -2.15. The lowest BCUT2D eigenvalue weighted by Crippen LogP contribution is -2.34. The molecule has 2 nitrogen and oxygen atoms in total. The number of carbonyl (C=O) groups excluding carboxylic acids is 1. The second-order valence-electron chi connectivity index (χ2n) is 4.41. The summed E-state index contributed by atoms with van der Waals surface area (Å²) in [6.07, 6.45) is 1.21. The van der Waals surface area contributed by atoms with E-state index in [1.54, 1.807) is 12.1 Å². The van der Waals surface area contributed by atoms with Gasteiger partial charge >= 0.3 is 0 Å². The third kappa shape index (κ3) is 5.59. The van der Waals surface area contributed by atoms with Crippen molar-refractivity contribution in [3.63, 3.8) is 0 Å². The third-order valence-corrected chi connectivity index (χ3v) is 3.55. The van der Waals surface area contributed by atoms with E-state index in [0.29, 0.717) is 21.3 Å². The maximum atomic E-state index is 11.8. The van der Waals surface area contributed by atoms with Crippen LogP contribution in [0.15, 0.2) is 18.2 Å². The molecule has 1 N–H and O–H groups in total. The number of rotatable bonds is 5. The lowest BCUT2D eigenvalue weighted by molar-refractivity contribution is -0.121. The zero-order valence-electron chi connectivity index (χ0n) is 10.3. The van der Waals surface area contributed by atoms with E-state index in [1.165, 1.54) is 0 Å². The molecule has 0 saturated carbocycles. The highest BCUT2D eigenvalue weighted by atomic mass is 79.9. The third-order valence-electron chi connectivity index (χ3n) is 2.43. The van der Waals surface area contributed by atoms with Crippen LogP contribution in [0.2, 0.25) is 10.0 Å². The van der Waals surface area contributed by atoms with Crippen molar-refractivity contribution in [1.29, 1.82) is 0 Å². The normalized spacial score (nSPS) is 14.1. The van der Waals surface area contributed by atoms with Gasteiger partial charge in [-0.2, -0.15) is 0 Å². The van der Waals surface area contributed by atoms with Gasteiger partial charge in [-0.15, -0.1) is 0 Å². The molecule has 100 valence electrons.